The Morgan fingerprint density at radius 1 is 1.25 bits per heavy atom. The predicted molar refractivity (Wildman–Crippen MR) is 100 cm³/mol. The zero-order valence-corrected chi connectivity index (χ0v) is 17.5. The maximum Gasteiger partial charge on any atom is 0.243 e. The minimum absolute atomic E-state index is 0.0803. The van der Waals surface area contributed by atoms with Gasteiger partial charge in [-0.15, -0.1) is 0 Å². The fourth-order valence-corrected chi connectivity index (χ4v) is 5.73. The lowest BCUT2D eigenvalue weighted by Gasteiger charge is -2.36. The zero-order chi connectivity index (χ0) is 17.9. The van der Waals surface area contributed by atoms with Gasteiger partial charge >= 0.3 is 0 Å². The number of ether oxygens (including phenoxy) is 1. The third kappa shape index (κ3) is 5.06. The average molecular weight is 460 g/mol. The molecule has 5 nitrogen and oxygen atoms in total. The number of halogens is 3. The molecule has 1 N–H and O–H groups in total. The van der Waals surface area contributed by atoms with Crippen LogP contribution in [0.1, 0.15) is 13.8 Å². The van der Waals surface area contributed by atoms with Crippen molar-refractivity contribution in [2.75, 3.05) is 32.8 Å². The van der Waals surface area contributed by atoms with Crippen LogP contribution in [0.2, 0.25) is 10.0 Å². The molecule has 0 radical (unpaired) electrons. The number of hydrogen-bond acceptors (Lipinski definition) is 4. The highest BCUT2D eigenvalue weighted by Crippen LogP contribution is 2.32. The summed E-state index contributed by atoms with van der Waals surface area (Å²) >= 11 is 15.4. The normalized spacial score (nSPS) is 18.1. The van der Waals surface area contributed by atoms with Gasteiger partial charge in [-0.25, -0.2) is 13.1 Å². The van der Waals surface area contributed by atoms with Gasteiger partial charge in [0.1, 0.15) is 4.90 Å². The summed E-state index contributed by atoms with van der Waals surface area (Å²) in [5.74, 6) is 0.293. The quantitative estimate of drug-likeness (QED) is 0.708. The van der Waals surface area contributed by atoms with Crippen molar-refractivity contribution < 1.29 is 13.2 Å². The van der Waals surface area contributed by atoms with Gasteiger partial charge < -0.3 is 4.74 Å². The van der Waals surface area contributed by atoms with E-state index in [1.807, 2.05) is 0 Å². The molecule has 9 heteroatoms. The molecule has 136 valence electrons. The van der Waals surface area contributed by atoms with E-state index in [1.54, 1.807) is 0 Å². The van der Waals surface area contributed by atoms with E-state index in [0.717, 1.165) is 13.1 Å². The van der Waals surface area contributed by atoms with Crippen molar-refractivity contribution in [3.8, 4) is 0 Å². The molecule has 0 aliphatic carbocycles. The van der Waals surface area contributed by atoms with Gasteiger partial charge in [0, 0.05) is 30.1 Å². The second-order valence-electron chi connectivity index (χ2n) is 6.01. The minimum Gasteiger partial charge on any atom is -0.379 e. The van der Waals surface area contributed by atoms with Crippen LogP contribution in [0.15, 0.2) is 21.5 Å². The van der Waals surface area contributed by atoms with E-state index in [-0.39, 0.29) is 21.0 Å². The number of nitrogens with one attached hydrogen (secondary N) is 1. The monoisotopic (exact) mass is 458 g/mol. The number of hydrogen-bond donors (Lipinski definition) is 1. The number of rotatable bonds is 6. The maximum absolute atomic E-state index is 12.7. The van der Waals surface area contributed by atoms with Gasteiger partial charge in [0.15, 0.2) is 0 Å². The predicted octanol–water partition coefficient (Wildman–Crippen LogP) is 3.39. The lowest BCUT2D eigenvalue weighted by molar-refractivity contribution is 0.00776. The van der Waals surface area contributed by atoms with Gasteiger partial charge in [0.2, 0.25) is 10.0 Å². The lowest BCUT2D eigenvalue weighted by atomic mass is 10.0. The van der Waals surface area contributed by atoms with Crippen molar-refractivity contribution in [2.24, 2.45) is 5.92 Å². The molecule has 0 unspecified atom stereocenters. The van der Waals surface area contributed by atoms with Gasteiger partial charge in [-0.05, 0) is 18.1 Å². The fourth-order valence-electron chi connectivity index (χ4n) is 2.75. The Balaban J connectivity index is 2.16. The van der Waals surface area contributed by atoms with Crippen molar-refractivity contribution in [3.63, 3.8) is 0 Å². The molecule has 0 saturated carbocycles. The maximum atomic E-state index is 12.7. The molecule has 1 saturated heterocycles. The average Bonchev–Trinajstić information content (AvgIpc) is 2.46. The molecule has 0 bridgehead atoms. The van der Waals surface area contributed by atoms with Crippen LogP contribution in [0, 0.1) is 5.92 Å². The van der Waals surface area contributed by atoms with Gasteiger partial charge in [-0.1, -0.05) is 53.0 Å². The molecule has 0 amide bonds. The van der Waals surface area contributed by atoms with Crippen LogP contribution < -0.4 is 4.72 Å². The van der Waals surface area contributed by atoms with E-state index >= 15 is 0 Å². The molecule has 1 aliphatic rings. The summed E-state index contributed by atoms with van der Waals surface area (Å²) in [6, 6.07) is 3.12. The van der Waals surface area contributed by atoms with E-state index in [9.17, 15) is 8.42 Å². The first-order valence-corrected chi connectivity index (χ1v) is 10.7. The molecule has 2 rings (SSSR count). The molecule has 1 aromatic carbocycles. The van der Waals surface area contributed by atoms with Gasteiger partial charge in [0.25, 0.3) is 0 Å². The molecule has 1 aromatic rings. The van der Waals surface area contributed by atoms with Crippen molar-refractivity contribution in [3.05, 3.63) is 26.7 Å². The highest BCUT2D eigenvalue weighted by molar-refractivity contribution is 9.10. The van der Waals surface area contributed by atoms with Crippen LogP contribution >= 0.6 is 39.1 Å². The number of sulfonamides is 1. The second kappa shape index (κ2) is 8.66. The summed E-state index contributed by atoms with van der Waals surface area (Å²) in [5, 5.41) is 0.184. The Bertz CT molecular complexity index is 656. The summed E-state index contributed by atoms with van der Waals surface area (Å²) in [6.45, 7) is 7.38. The van der Waals surface area contributed by atoms with Crippen LogP contribution in [0.25, 0.3) is 0 Å². The second-order valence-corrected chi connectivity index (χ2v) is 9.44. The lowest BCUT2D eigenvalue weighted by Crippen LogP contribution is -2.51. The van der Waals surface area contributed by atoms with Gasteiger partial charge in [-0.3, -0.25) is 4.90 Å². The molecule has 24 heavy (non-hydrogen) atoms. The fraction of sp³-hybridized carbons (Fsp3) is 0.600. The molecule has 0 spiro atoms. The first-order valence-electron chi connectivity index (χ1n) is 7.68. The van der Waals surface area contributed by atoms with Gasteiger partial charge in [0.05, 0.1) is 23.3 Å². The van der Waals surface area contributed by atoms with Crippen LogP contribution in [-0.2, 0) is 14.8 Å². The number of benzene rings is 1. The Labute approximate surface area is 161 Å². The van der Waals surface area contributed by atoms with Crippen LogP contribution in [0.3, 0.4) is 0 Å². The van der Waals surface area contributed by atoms with Crippen molar-refractivity contribution in [2.45, 2.75) is 24.8 Å². The van der Waals surface area contributed by atoms with E-state index < -0.39 is 10.0 Å². The standard InChI is InChI=1S/C15H21BrCl2N2O3S/c1-10(2)14(20-3-5-23-6-4-20)9-19-24(21,22)15-12(17)7-11(16)8-13(15)18/h7-8,10,14,19H,3-6,9H2,1-2H3/t14-/m0/s1. The smallest absolute Gasteiger partial charge is 0.243 e. The number of nitrogens with zero attached hydrogens (tertiary/aromatic N) is 1. The Morgan fingerprint density at radius 3 is 2.29 bits per heavy atom. The highest BCUT2D eigenvalue weighted by Gasteiger charge is 2.28. The largest absolute Gasteiger partial charge is 0.379 e. The van der Waals surface area contributed by atoms with E-state index in [4.69, 9.17) is 27.9 Å². The molecule has 0 aromatic heterocycles. The molecular formula is C15H21BrCl2N2O3S. The minimum atomic E-state index is -3.80. The van der Waals surface area contributed by atoms with Crippen LogP contribution in [0.4, 0.5) is 0 Å². The van der Waals surface area contributed by atoms with E-state index in [0.29, 0.717) is 30.1 Å². The van der Waals surface area contributed by atoms with Gasteiger partial charge in [-0.2, -0.15) is 0 Å². The summed E-state index contributed by atoms with van der Waals surface area (Å²) in [6.07, 6.45) is 0. The first-order chi connectivity index (χ1) is 11.2. The summed E-state index contributed by atoms with van der Waals surface area (Å²) < 4.78 is 34.0. The molecule has 1 fully saturated rings. The Kier molecular flexibility index (Phi) is 7.37. The Hall–Kier alpha value is 0.110. The molecule has 1 aliphatic heterocycles. The topological polar surface area (TPSA) is 58.6 Å². The Morgan fingerprint density at radius 2 is 1.79 bits per heavy atom. The van der Waals surface area contributed by atoms with Crippen molar-refractivity contribution in [1.29, 1.82) is 0 Å². The SMILES string of the molecule is CC(C)[C@H](CNS(=O)(=O)c1c(Cl)cc(Br)cc1Cl)N1CCOCC1. The summed E-state index contributed by atoms with van der Waals surface area (Å²) in [7, 11) is -3.80. The van der Waals surface area contributed by atoms with E-state index in [1.165, 1.54) is 12.1 Å². The first kappa shape index (κ1) is 20.4. The van der Waals surface area contributed by atoms with Crippen LogP contribution in [-0.4, -0.2) is 52.2 Å². The molecular weight excluding hydrogens is 439 g/mol. The summed E-state index contributed by atoms with van der Waals surface area (Å²) in [5.41, 5.74) is 0. The van der Waals surface area contributed by atoms with Crippen LogP contribution in [0.5, 0.6) is 0 Å². The third-order valence-corrected chi connectivity index (χ3v) is 6.80. The van der Waals surface area contributed by atoms with Crippen molar-refractivity contribution in [1.82, 2.24) is 9.62 Å². The zero-order valence-electron chi connectivity index (χ0n) is 13.6. The highest BCUT2D eigenvalue weighted by atomic mass is 79.9. The number of morpholine rings is 1. The van der Waals surface area contributed by atoms with Crippen molar-refractivity contribution >= 4 is 49.2 Å². The van der Waals surface area contributed by atoms with E-state index in [2.05, 4.69) is 39.4 Å². The molecule has 1 heterocycles. The summed E-state index contributed by atoms with van der Waals surface area (Å²) in [4.78, 5) is 2.17. The molecule has 1 atom stereocenters. The third-order valence-electron chi connectivity index (χ3n) is 4.00.